The standard InChI is InChI=1S/C12H13BrO2/c1-8(14)11-5-4-10(6-12(11)13)15-7-9-2-3-9/h4-6,9H,2-3,7H2,1H3. The lowest BCUT2D eigenvalue weighted by molar-refractivity contribution is 0.101. The highest BCUT2D eigenvalue weighted by atomic mass is 79.9. The summed E-state index contributed by atoms with van der Waals surface area (Å²) in [6, 6.07) is 5.51. The molecule has 2 nitrogen and oxygen atoms in total. The van der Waals surface area contributed by atoms with Crippen molar-refractivity contribution in [2.75, 3.05) is 6.61 Å². The van der Waals surface area contributed by atoms with Crippen molar-refractivity contribution in [2.24, 2.45) is 5.92 Å². The Labute approximate surface area is 97.8 Å². The summed E-state index contributed by atoms with van der Waals surface area (Å²) in [4.78, 5) is 11.2. The zero-order chi connectivity index (χ0) is 10.8. The number of halogens is 1. The van der Waals surface area contributed by atoms with Crippen molar-refractivity contribution in [1.82, 2.24) is 0 Å². The molecule has 2 rings (SSSR count). The van der Waals surface area contributed by atoms with Crippen LogP contribution in [-0.4, -0.2) is 12.4 Å². The molecule has 1 fully saturated rings. The van der Waals surface area contributed by atoms with Crippen LogP contribution in [0.2, 0.25) is 0 Å². The van der Waals surface area contributed by atoms with Crippen LogP contribution in [0.25, 0.3) is 0 Å². The number of carbonyl (C=O) groups excluding carboxylic acids is 1. The maximum atomic E-state index is 11.2. The molecule has 0 amide bonds. The lowest BCUT2D eigenvalue weighted by atomic mass is 10.1. The Morgan fingerprint density at radius 2 is 2.27 bits per heavy atom. The average molecular weight is 269 g/mol. The predicted molar refractivity (Wildman–Crippen MR) is 62.4 cm³/mol. The van der Waals surface area contributed by atoms with Crippen LogP contribution in [-0.2, 0) is 0 Å². The first-order chi connectivity index (χ1) is 7.16. The van der Waals surface area contributed by atoms with Crippen LogP contribution in [0.15, 0.2) is 22.7 Å². The number of hydrogen-bond donors (Lipinski definition) is 0. The molecule has 0 heterocycles. The zero-order valence-corrected chi connectivity index (χ0v) is 10.2. The van der Waals surface area contributed by atoms with Crippen molar-refractivity contribution in [3.8, 4) is 5.75 Å². The van der Waals surface area contributed by atoms with Gasteiger partial charge in [-0.3, -0.25) is 4.79 Å². The molecular weight excluding hydrogens is 256 g/mol. The fourth-order valence-electron chi connectivity index (χ4n) is 1.37. The smallest absolute Gasteiger partial charge is 0.160 e. The van der Waals surface area contributed by atoms with Gasteiger partial charge in [0.05, 0.1) is 6.61 Å². The fourth-order valence-corrected chi connectivity index (χ4v) is 2.01. The average Bonchev–Trinajstić information content (AvgIpc) is 2.97. The van der Waals surface area contributed by atoms with Gasteiger partial charge in [-0.2, -0.15) is 0 Å². The summed E-state index contributed by atoms with van der Waals surface area (Å²) < 4.78 is 6.41. The van der Waals surface area contributed by atoms with Crippen LogP contribution in [0, 0.1) is 5.92 Å². The van der Waals surface area contributed by atoms with Gasteiger partial charge in [-0.05, 0) is 59.8 Å². The van der Waals surface area contributed by atoms with Gasteiger partial charge in [0, 0.05) is 10.0 Å². The third-order valence-corrected chi connectivity index (χ3v) is 3.16. The Morgan fingerprint density at radius 1 is 1.53 bits per heavy atom. The Bertz CT molecular complexity index is 383. The van der Waals surface area contributed by atoms with Crippen LogP contribution >= 0.6 is 15.9 Å². The molecule has 0 radical (unpaired) electrons. The number of hydrogen-bond acceptors (Lipinski definition) is 2. The molecule has 0 atom stereocenters. The highest BCUT2D eigenvalue weighted by Crippen LogP contribution is 2.30. The topological polar surface area (TPSA) is 26.3 Å². The van der Waals surface area contributed by atoms with E-state index in [1.165, 1.54) is 12.8 Å². The van der Waals surface area contributed by atoms with E-state index in [-0.39, 0.29) is 5.78 Å². The van der Waals surface area contributed by atoms with Gasteiger partial charge in [0.1, 0.15) is 5.75 Å². The van der Waals surface area contributed by atoms with Crippen molar-refractivity contribution in [3.05, 3.63) is 28.2 Å². The van der Waals surface area contributed by atoms with Gasteiger partial charge in [0.15, 0.2) is 5.78 Å². The first kappa shape index (κ1) is 10.7. The summed E-state index contributed by atoms with van der Waals surface area (Å²) in [6.07, 6.45) is 2.57. The van der Waals surface area contributed by atoms with Gasteiger partial charge < -0.3 is 4.74 Å². The van der Waals surface area contributed by atoms with Crippen molar-refractivity contribution in [3.63, 3.8) is 0 Å². The van der Waals surface area contributed by atoms with E-state index in [1.807, 2.05) is 12.1 Å². The van der Waals surface area contributed by atoms with Gasteiger partial charge in [-0.1, -0.05) is 0 Å². The number of Topliss-reactive ketones (excluding diaryl/α,β-unsaturated/α-hetero) is 1. The maximum Gasteiger partial charge on any atom is 0.160 e. The molecule has 1 saturated carbocycles. The van der Waals surface area contributed by atoms with Crippen molar-refractivity contribution < 1.29 is 9.53 Å². The van der Waals surface area contributed by atoms with Gasteiger partial charge in [0.2, 0.25) is 0 Å². The Hall–Kier alpha value is -0.830. The Balaban J connectivity index is 2.06. The fraction of sp³-hybridized carbons (Fsp3) is 0.417. The molecule has 0 unspecified atom stereocenters. The highest BCUT2D eigenvalue weighted by molar-refractivity contribution is 9.10. The maximum absolute atomic E-state index is 11.2. The highest BCUT2D eigenvalue weighted by Gasteiger charge is 2.21. The van der Waals surface area contributed by atoms with Crippen molar-refractivity contribution >= 4 is 21.7 Å². The summed E-state index contributed by atoms with van der Waals surface area (Å²) >= 11 is 3.37. The summed E-state index contributed by atoms with van der Waals surface area (Å²) in [5, 5.41) is 0. The quantitative estimate of drug-likeness (QED) is 0.782. The van der Waals surface area contributed by atoms with Gasteiger partial charge in [-0.25, -0.2) is 0 Å². The van der Waals surface area contributed by atoms with Crippen molar-refractivity contribution in [1.29, 1.82) is 0 Å². The summed E-state index contributed by atoms with van der Waals surface area (Å²) in [5.41, 5.74) is 0.703. The van der Waals surface area contributed by atoms with Crippen LogP contribution < -0.4 is 4.74 Å². The number of ketones is 1. The molecule has 1 aliphatic carbocycles. The predicted octanol–water partition coefficient (Wildman–Crippen LogP) is 3.44. The molecule has 0 saturated heterocycles. The number of ether oxygens (including phenoxy) is 1. The lowest BCUT2D eigenvalue weighted by Crippen LogP contribution is -2.00. The first-order valence-corrected chi connectivity index (χ1v) is 5.89. The van der Waals surface area contributed by atoms with Crippen LogP contribution in [0.1, 0.15) is 30.1 Å². The van der Waals surface area contributed by atoms with E-state index < -0.39 is 0 Å². The van der Waals surface area contributed by atoms with Crippen molar-refractivity contribution in [2.45, 2.75) is 19.8 Å². The largest absolute Gasteiger partial charge is 0.493 e. The molecular formula is C12H13BrO2. The van der Waals surface area contributed by atoms with Gasteiger partial charge in [-0.15, -0.1) is 0 Å². The molecule has 1 aliphatic rings. The number of rotatable bonds is 4. The monoisotopic (exact) mass is 268 g/mol. The molecule has 1 aromatic rings. The molecule has 0 N–H and O–H groups in total. The first-order valence-electron chi connectivity index (χ1n) is 5.10. The van der Waals surface area contributed by atoms with E-state index in [9.17, 15) is 4.79 Å². The molecule has 0 bridgehead atoms. The molecule has 80 valence electrons. The van der Waals surface area contributed by atoms with E-state index in [0.29, 0.717) is 5.56 Å². The van der Waals surface area contributed by atoms with Crippen LogP contribution in [0.4, 0.5) is 0 Å². The second kappa shape index (κ2) is 4.35. The third kappa shape index (κ3) is 2.81. The Kier molecular flexibility index (Phi) is 3.10. The molecule has 3 heteroatoms. The second-order valence-corrected chi connectivity index (χ2v) is 4.81. The summed E-state index contributed by atoms with van der Waals surface area (Å²) in [5.74, 6) is 1.64. The van der Waals surface area contributed by atoms with E-state index >= 15 is 0 Å². The minimum absolute atomic E-state index is 0.0654. The van der Waals surface area contributed by atoms with Gasteiger partial charge >= 0.3 is 0 Å². The second-order valence-electron chi connectivity index (χ2n) is 3.95. The van der Waals surface area contributed by atoms with E-state index in [1.54, 1.807) is 13.0 Å². The zero-order valence-electron chi connectivity index (χ0n) is 8.63. The molecule has 0 aromatic heterocycles. The van der Waals surface area contributed by atoms with Crippen LogP contribution in [0.5, 0.6) is 5.75 Å². The molecule has 0 spiro atoms. The van der Waals surface area contributed by atoms with E-state index in [0.717, 1.165) is 22.7 Å². The molecule has 15 heavy (non-hydrogen) atoms. The summed E-state index contributed by atoms with van der Waals surface area (Å²) in [7, 11) is 0. The molecule has 1 aromatic carbocycles. The SMILES string of the molecule is CC(=O)c1ccc(OCC2CC2)cc1Br. The minimum atomic E-state index is 0.0654. The normalized spacial score (nSPS) is 15.1. The number of carbonyl (C=O) groups is 1. The van der Waals surface area contributed by atoms with Crippen LogP contribution in [0.3, 0.4) is 0 Å². The van der Waals surface area contributed by atoms with E-state index in [4.69, 9.17) is 4.74 Å². The lowest BCUT2D eigenvalue weighted by Gasteiger charge is -2.07. The molecule has 0 aliphatic heterocycles. The Morgan fingerprint density at radius 3 is 2.80 bits per heavy atom. The number of benzene rings is 1. The van der Waals surface area contributed by atoms with E-state index in [2.05, 4.69) is 15.9 Å². The minimum Gasteiger partial charge on any atom is -0.493 e. The third-order valence-electron chi connectivity index (χ3n) is 2.50. The summed E-state index contributed by atoms with van der Waals surface area (Å²) in [6.45, 7) is 2.36. The van der Waals surface area contributed by atoms with Gasteiger partial charge in [0.25, 0.3) is 0 Å².